The highest BCUT2D eigenvalue weighted by Crippen LogP contribution is 2.28. The summed E-state index contributed by atoms with van der Waals surface area (Å²) in [5.74, 6) is 2.67. The smallest absolute Gasteiger partial charge is 0.252 e. The Labute approximate surface area is 157 Å². The van der Waals surface area contributed by atoms with E-state index >= 15 is 0 Å². The molecule has 5 rings (SSSR count). The third kappa shape index (κ3) is 3.17. The predicted molar refractivity (Wildman–Crippen MR) is 104 cm³/mol. The number of benzene rings is 1. The van der Waals surface area contributed by atoms with Crippen molar-refractivity contribution in [3.05, 3.63) is 57.9 Å². The van der Waals surface area contributed by atoms with E-state index in [2.05, 4.69) is 30.0 Å². The van der Waals surface area contributed by atoms with Crippen LogP contribution in [0.4, 0.5) is 0 Å². The van der Waals surface area contributed by atoms with E-state index in [9.17, 15) is 4.79 Å². The van der Waals surface area contributed by atoms with Gasteiger partial charge in [0.1, 0.15) is 11.6 Å². The maximum atomic E-state index is 12.4. The van der Waals surface area contributed by atoms with Gasteiger partial charge in [-0.2, -0.15) is 0 Å². The molecule has 1 fully saturated rings. The highest BCUT2D eigenvalue weighted by Gasteiger charge is 2.27. The molecule has 1 saturated heterocycles. The summed E-state index contributed by atoms with van der Waals surface area (Å²) in [6.07, 6.45) is 2.13. The van der Waals surface area contributed by atoms with Crippen LogP contribution in [0.1, 0.15) is 36.0 Å². The fourth-order valence-electron chi connectivity index (χ4n) is 4.32. The van der Waals surface area contributed by atoms with E-state index in [1.165, 1.54) is 0 Å². The Morgan fingerprint density at radius 3 is 2.85 bits per heavy atom. The highest BCUT2D eigenvalue weighted by atomic mass is 16.1. The zero-order chi connectivity index (χ0) is 18.2. The third-order valence-electron chi connectivity index (χ3n) is 5.83. The molecular weight excluding hydrogens is 340 g/mol. The lowest BCUT2D eigenvalue weighted by Crippen LogP contribution is -2.35. The summed E-state index contributed by atoms with van der Waals surface area (Å²) >= 11 is 0. The highest BCUT2D eigenvalue weighted by molar-refractivity contribution is 5.78. The molecule has 0 aliphatic carbocycles. The van der Waals surface area contributed by atoms with Crippen molar-refractivity contribution >= 4 is 10.9 Å². The lowest BCUT2D eigenvalue weighted by atomic mass is 9.95. The summed E-state index contributed by atoms with van der Waals surface area (Å²) in [6, 6.07) is 9.97. The molecule has 2 N–H and O–H groups in total. The number of hydrogen-bond acceptors (Lipinski definition) is 5. The molecule has 7 nitrogen and oxygen atoms in total. The summed E-state index contributed by atoms with van der Waals surface area (Å²) in [7, 11) is 0. The van der Waals surface area contributed by atoms with Gasteiger partial charge in [-0.3, -0.25) is 9.69 Å². The van der Waals surface area contributed by atoms with Crippen LogP contribution in [-0.2, 0) is 19.6 Å². The summed E-state index contributed by atoms with van der Waals surface area (Å²) in [5.41, 5.74) is 1.77. The van der Waals surface area contributed by atoms with E-state index in [4.69, 9.17) is 0 Å². The van der Waals surface area contributed by atoms with Crippen LogP contribution in [0.3, 0.4) is 0 Å². The Balaban J connectivity index is 1.28. The van der Waals surface area contributed by atoms with Gasteiger partial charge in [-0.1, -0.05) is 18.2 Å². The summed E-state index contributed by atoms with van der Waals surface area (Å²) < 4.78 is 2.30. The van der Waals surface area contributed by atoms with Crippen LogP contribution < -0.4 is 10.9 Å². The van der Waals surface area contributed by atoms with Crippen molar-refractivity contribution in [1.82, 2.24) is 30.0 Å². The number of nitrogens with one attached hydrogen (secondary N) is 2. The number of aromatic nitrogens is 4. The number of hydrogen-bond donors (Lipinski definition) is 2. The van der Waals surface area contributed by atoms with Crippen molar-refractivity contribution < 1.29 is 0 Å². The molecule has 2 aromatic heterocycles. The van der Waals surface area contributed by atoms with Crippen LogP contribution in [0.2, 0.25) is 0 Å². The standard InChI is InChI=1S/C20H24N6O/c27-20-16(11-15-3-1-2-4-17(15)22-20)13-25-8-5-14(6-9-25)19-24-23-18-12-21-7-10-26(18)19/h1-4,11,14,21H,5-10,12-13H2,(H,22,27). The van der Waals surface area contributed by atoms with Crippen LogP contribution >= 0.6 is 0 Å². The molecule has 0 atom stereocenters. The molecule has 4 heterocycles. The van der Waals surface area contributed by atoms with Crippen molar-refractivity contribution in [2.75, 3.05) is 19.6 Å². The number of likely N-dealkylation sites (tertiary alicyclic amines) is 1. The van der Waals surface area contributed by atoms with E-state index in [1.807, 2.05) is 30.3 Å². The summed E-state index contributed by atoms with van der Waals surface area (Å²) in [5, 5.41) is 13.3. The molecule has 0 unspecified atom stereocenters. The first-order valence-corrected chi connectivity index (χ1v) is 9.74. The van der Waals surface area contributed by atoms with E-state index in [1.54, 1.807) is 0 Å². The van der Waals surface area contributed by atoms with E-state index < -0.39 is 0 Å². The first-order chi connectivity index (χ1) is 13.3. The molecule has 2 aliphatic heterocycles. The molecule has 0 radical (unpaired) electrons. The van der Waals surface area contributed by atoms with Gasteiger partial charge in [0.15, 0.2) is 0 Å². The number of piperidine rings is 1. The van der Waals surface area contributed by atoms with Gasteiger partial charge in [0.25, 0.3) is 5.56 Å². The van der Waals surface area contributed by atoms with Crippen LogP contribution in [-0.4, -0.2) is 44.3 Å². The Bertz CT molecular complexity index is 1010. The largest absolute Gasteiger partial charge is 0.322 e. The van der Waals surface area contributed by atoms with Gasteiger partial charge in [0.2, 0.25) is 0 Å². The van der Waals surface area contributed by atoms with Gasteiger partial charge < -0.3 is 14.9 Å². The number of H-pyrrole nitrogens is 1. The Hall–Kier alpha value is -2.51. The SMILES string of the molecule is O=c1[nH]c2ccccc2cc1CN1CCC(c2nnc3n2CCNC3)CC1. The fourth-order valence-corrected chi connectivity index (χ4v) is 4.32. The zero-order valence-corrected chi connectivity index (χ0v) is 15.3. The molecule has 0 saturated carbocycles. The number of para-hydroxylation sites is 1. The molecular formula is C20H24N6O. The topological polar surface area (TPSA) is 78.8 Å². The van der Waals surface area contributed by atoms with E-state index in [-0.39, 0.29) is 5.56 Å². The minimum Gasteiger partial charge on any atom is -0.322 e. The summed E-state index contributed by atoms with van der Waals surface area (Å²) in [6.45, 7) is 5.44. The third-order valence-corrected chi connectivity index (χ3v) is 5.83. The van der Waals surface area contributed by atoms with Crippen LogP contribution in [0.25, 0.3) is 10.9 Å². The number of nitrogens with zero attached hydrogens (tertiary/aromatic N) is 4. The van der Waals surface area contributed by atoms with Crippen molar-refractivity contribution in [3.63, 3.8) is 0 Å². The minimum absolute atomic E-state index is 0.0230. The number of rotatable bonds is 3. The second-order valence-electron chi connectivity index (χ2n) is 7.56. The lowest BCUT2D eigenvalue weighted by molar-refractivity contribution is 0.199. The minimum atomic E-state index is 0.0230. The average Bonchev–Trinajstić information content (AvgIpc) is 3.13. The zero-order valence-electron chi connectivity index (χ0n) is 15.3. The monoisotopic (exact) mass is 364 g/mol. The van der Waals surface area contributed by atoms with Crippen LogP contribution in [0, 0.1) is 0 Å². The molecule has 2 aliphatic rings. The molecule has 27 heavy (non-hydrogen) atoms. The second-order valence-corrected chi connectivity index (χ2v) is 7.56. The van der Waals surface area contributed by atoms with Crippen LogP contribution in [0.15, 0.2) is 35.1 Å². The van der Waals surface area contributed by atoms with E-state index in [0.717, 1.165) is 73.7 Å². The maximum absolute atomic E-state index is 12.4. The van der Waals surface area contributed by atoms with Crippen molar-refractivity contribution in [2.45, 2.75) is 38.4 Å². The average molecular weight is 364 g/mol. The lowest BCUT2D eigenvalue weighted by Gasteiger charge is -2.32. The molecule has 0 bridgehead atoms. The van der Waals surface area contributed by atoms with Crippen LogP contribution in [0.5, 0.6) is 0 Å². The van der Waals surface area contributed by atoms with Gasteiger partial charge in [0.05, 0.1) is 6.54 Å². The van der Waals surface area contributed by atoms with Crippen molar-refractivity contribution in [1.29, 1.82) is 0 Å². The molecule has 7 heteroatoms. The predicted octanol–water partition coefficient (Wildman–Crippen LogP) is 1.60. The fraction of sp³-hybridized carbons (Fsp3) is 0.450. The summed E-state index contributed by atoms with van der Waals surface area (Å²) in [4.78, 5) is 17.8. The number of pyridine rings is 1. The van der Waals surface area contributed by atoms with Gasteiger partial charge in [-0.05, 0) is 43.5 Å². The molecule has 140 valence electrons. The Kier molecular flexibility index (Phi) is 4.26. The van der Waals surface area contributed by atoms with Gasteiger partial charge >= 0.3 is 0 Å². The Morgan fingerprint density at radius 1 is 1.11 bits per heavy atom. The van der Waals surface area contributed by atoms with Crippen molar-refractivity contribution in [3.8, 4) is 0 Å². The Morgan fingerprint density at radius 2 is 1.96 bits per heavy atom. The van der Waals surface area contributed by atoms with Gasteiger partial charge in [-0.25, -0.2) is 0 Å². The molecule has 1 aromatic carbocycles. The molecule has 0 amide bonds. The quantitative estimate of drug-likeness (QED) is 0.738. The van der Waals surface area contributed by atoms with Gasteiger partial charge in [-0.15, -0.1) is 10.2 Å². The second kappa shape index (κ2) is 6.90. The first-order valence-electron chi connectivity index (χ1n) is 9.74. The molecule has 0 spiro atoms. The normalized spacial score (nSPS) is 18.7. The molecule has 3 aromatic rings. The van der Waals surface area contributed by atoms with E-state index in [0.29, 0.717) is 12.5 Å². The number of fused-ring (bicyclic) bond motifs is 2. The number of aromatic amines is 1. The van der Waals surface area contributed by atoms with Crippen molar-refractivity contribution in [2.24, 2.45) is 0 Å². The first kappa shape index (κ1) is 16.6. The van der Waals surface area contributed by atoms with Gasteiger partial charge in [0, 0.05) is 36.6 Å². The maximum Gasteiger partial charge on any atom is 0.252 e.